The molecule has 1 aliphatic rings. The summed E-state index contributed by atoms with van der Waals surface area (Å²) in [5.74, 6) is 0. The maximum Gasteiger partial charge on any atom is 0.134 e. The van der Waals surface area contributed by atoms with Gasteiger partial charge in [-0.05, 0) is 19.3 Å². The number of anilines is 1. The molecule has 1 aliphatic carbocycles. The normalized spacial score (nSPS) is 16.2. The van der Waals surface area contributed by atoms with E-state index >= 15 is 0 Å². The zero-order valence-corrected chi connectivity index (χ0v) is 11.0. The van der Waals surface area contributed by atoms with Crippen molar-refractivity contribution in [1.82, 2.24) is 14.5 Å². The fraction of sp³-hybridized carbons (Fsp3) is 0.818. The summed E-state index contributed by atoms with van der Waals surface area (Å²) in [6.45, 7) is 2.05. The number of aliphatic hydroxyl groups is 1. The van der Waals surface area contributed by atoms with Gasteiger partial charge in [0.1, 0.15) is 10.7 Å². The van der Waals surface area contributed by atoms with Crippen molar-refractivity contribution in [3.8, 4) is 0 Å². The molecule has 0 radical (unpaired) electrons. The van der Waals surface area contributed by atoms with Crippen LogP contribution in [0.15, 0.2) is 0 Å². The van der Waals surface area contributed by atoms with Crippen LogP contribution in [0.2, 0.25) is 0 Å². The average molecular weight is 256 g/mol. The second-order valence-corrected chi connectivity index (χ2v) is 5.19. The molecular weight excluding hydrogens is 236 g/mol. The van der Waals surface area contributed by atoms with Crippen LogP contribution < -0.4 is 5.32 Å². The van der Waals surface area contributed by atoms with Crippen molar-refractivity contribution >= 4 is 16.5 Å². The van der Waals surface area contributed by atoms with Crippen LogP contribution in [-0.2, 0) is 6.54 Å². The molecule has 1 aromatic heterocycles. The van der Waals surface area contributed by atoms with Crippen molar-refractivity contribution in [1.29, 1.82) is 0 Å². The van der Waals surface area contributed by atoms with Crippen LogP contribution >= 0.6 is 11.5 Å². The van der Waals surface area contributed by atoms with Crippen LogP contribution in [0.1, 0.15) is 31.4 Å². The number of nitrogens with one attached hydrogen (secondary N) is 1. The highest BCUT2D eigenvalue weighted by molar-refractivity contribution is 7.10. The SMILES string of the molecule is CNc1snnc1CN(CCCO)C1CCC1. The van der Waals surface area contributed by atoms with E-state index in [0.717, 1.165) is 30.2 Å². The summed E-state index contributed by atoms with van der Waals surface area (Å²) in [5, 5.41) is 17.3. The van der Waals surface area contributed by atoms with E-state index in [9.17, 15) is 0 Å². The Kier molecular flexibility index (Phi) is 4.70. The maximum absolute atomic E-state index is 8.95. The van der Waals surface area contributed by atoms with Crippen LogP contribution in [-0.4, -0.2) is 45.8 Å². The number of hydrogen-bond donors (Lipinski definition) is 2. The van der Waals surface area contributed by atoms with Gasteiger partial charge in [0, 0.05) is 44.3 Å². The highest BCUT2D eigenvalue weighted by Crippen LogP contribution is 2.28. The highest BCUT2D eigenvalue weighted by atomic mass is 32.1. The standard InChI is InChI=1S/C11H20N4OS/c1-12-11-10(13-14-17-11)8-15(6-3-7-16)9-4-2-5-9/h9,12,16H,2-8H2,1H3. The number of aliphatic hydroxyl groups excluding tert-OH is 1. The minimum absolute atomic E-state index is 0.261. The minimum Gasteiger partial charge on any atom is -0.396 e. The van der Waals surface area contributed by atoms with E-state index < -0.39 is 0 Å². The van der Waals surface area contributed by atoms with Crippen molar-refractivity contribution in [2.24, 2.45) is 0 Å². The van der Waals surface area contributed by atoms with Crippen molar-refractivity contribution in [3.05, 3.63) is 5.69 Å². The van der Waals surface area contributed by atoms with Crippen molar-refractivity contribution < 1.29 is 5.11 Å². The molecule has 1 aromatic rings. The molecule has 2 rings (SSSR count). The molecular formula is C11H20N4OS. The number of aromatic nitrogens is 2. The van der Waals surface area contributed by atoms with Gasteiger partial charge in [0.05, 0.1) is 0 Å². The molecule has 0 amide bonds. The first-order valence-electron chi connectivity index (χ1n) is 6.19. The Morgan fingerprint density at radius 2 is 2.35 bits per heavy atom. The van der Waals surface area contributed by atoms with Crippen LogP contribution in [0, 0.1) is 0 Å². The second kappa shape index (κ2) is 6.28. The monoisotopic (exact) mass is 256 g/mol. The highest BCUT2D eigenvalue weighted by Gasteiger charge is 2.25. The lowest BCUT2D eigenvalue weighted by Gasteiger charge is -2.37. The summed E-state index contributed by atoms with van der Waals surface area (Å²) in [4.78, 5) is 2.43. The largest absolute Gasteiger partial charge is 0.396 e. The fourth-order valence-corrected chi connectivity index (χ4v) is 2.63. The molecule has 96 valence electrons. The van der Waals surface area contributed by atoms with Gasteiger partial charge in [0.15, 0.2) is 0 Å². The Bertz CT molecular complexity index is 340. The van der Waals surface area contributed by atoms with Gasteiger partial charge in [0.2, 0.25) is 0 Å². The van der Waals surface area contributed by atoms with Gasteiger partial charge >= 0.3 is 0 Å². The Balaban J connectivity index is 1.95. The fourth-order valence-electron chi connectivity index (χ4n) is 2.11. The molecule has 6 heteroatoms. The molecule has 1 heterocycles. The Labute approximate surface area is 106 Å². The molecule has 1 fully saturated rings. The van der Waals surface area contributed by atoms with Crippen LogP contribution in [0.4, 0.5) is 5.00 Å². The molecule has 2 N–H and O–H groups in total. The molecule has 0 aliphatic heterocycles. The molecule has 5 nitrogen and oxygen atoms in total. The van der Waals surface area contributed by atoms with Crippen LogP contribution in [0.5, 0.6) is 0 Å². The lowest BCUT2D eigenvalue weighted by atomic mass is 9.91. The number of hydrogen-bond acceptors (Lipinski definition) is 6. The summed E-state index contributed by atoms with van der Waals surface area (Å²) >= 11 is 1.40. The van der Waals surface area contributed by atoms with Crippen molar-refractivity contribution in [2.45, 2.75) is 38.3 Å². The van der Waals surface area contributed by atoms with E-state index in [-0.39, 0.29) is 6.61 Å². The summed E-state index contributed by atoms with van der Waals surface area (Å²) < 4.78 is 3.98. The third kappa shape index (κ3) is 3.14. The van der Waals surface area contributed by atoms with Crippen LogP contribution in [0.25, 0.3) is 0 Å². The van der Waals surface area contributed by atoms with E-state index in [2.05, 4.69) is 19.8 Å². The maximum atomic E-state index is 8.95. The van der Waals surface area contributed by atoms with Gasteiger partial charge in [-0.25, -0.2) is 0 Å². The van der Waals surface area contributed by atoms with Gasteiger partial charge in [-0.2, -0.15) is 0 Å². The molecule has 0 spiro atoms. The Morgan fingerprint density at radius 1 is 1.53 bits per heavy atom. The number of nitrogens with zero attached hydrogens (tertiary/aromatic N) is 3. The first kappa shape index (κ1) is 12.7. The van der Waals surface area contributed by atoms with Gasteiger partial charge in [-0.1, -0.05) is 10.9 Å². The predicted octanol–water partition coefficient (Wildman–Crippen LogP) is 1.32. The molecule has 1 saturated carbocycles. The third-order valence-electron chi connectivity index (χ3n) is 3.33. The van der Waals surface area contributed by atoms with Gasteiger partial charge in [-0.15, -0.1) is 5.10 Å². The smallest absolute Gasteiger partial charge is 0.134 e. The molecule has 0 bridgehead atoms. The van der Waals surface area contributed by atoms with E-state index in [1.807, 2.05) is 7.05 Å². The van der Waals surface area contributed by atoms with E-state index in [1.54, 1.807) is 0 Å². The summed E-state index contributed by atoms with van der Waals surface area (Å²) in [5.41, 5.74) is 1.03. The molecule has 0 saturated heterocycles. The van der Waals surface area contributed by atoms with Gasteiger partial charge in [0.25, 0.3) is 0 Å². The zero-order valence-electron chi connectivity index (χ0n) is 10.2. The summed E-state index contributed by atoms with van der Waals surface area (Å²) in [6, 6.07) is 0.674. The summed E-state index contributed by atoms with van der Waals surface area (Å²) in [7, 11) is 1.90. The lowest BCUT2D eigenvalue weighted by Crippen LogP contribution is -2.40. The van der Waals surface area contributed by atoms with Gasteiger partial charge < -0.3 is 10.4 Å². The Morgan fingerprint density at radius 3 is 2.94 bits per heavy atom. The predicted molar refractivity (Wildman–Crippen MR) is 69.2 cm³/mol. The Hall–Kier alpha value is -0.720. The first-order chi connectivity index (χ1) is 8.35. The minimum atomic E-state index is 0.261. The topological polar surface area (TPSA) is 61.3 Å². The number of rotatable bonds is 7. The quantitative estimate of drug-likeness (QED) is 0.770. The summed E-state index contributed by atoms with van der Waals surface area (Å²) in [6.07, 6.45) is 4.72. The lowest BCUT2D eigenvalue weighted by molar-refractivity contribution is 0.108. The average Bonchev–Trinajstić information content (AvgIpc) is 2.70. The molecule has 0 unspecified atom stereocenters. The van der Waals surface area contributed by atoms with Crippen LogP contribution in [0.3, 0.4) is 0 Å². The van der Waals surface area contributed by atoms with Crippen molar-refractivity contribution in [2.75, 3.05) is 25.5 Å². The van der Waals surface area contributed by atoms with Gasteiger partial charge in [-0.3, -0.25) is 4.90 Å². The van der Waals surface area contributed by atoms with Crippen molar-refractivity contribution in [3.63, 3.8) is 0 Å². The van der Waals surface area contributed by atoms with E-state index in [4.69, 9.17) is 5.11 Å². The molecule has 17 heavy (non-hydrogen) atoms. The second-order valence-electron chi connectivity index (χ2n) is 4.43. The first-order valence-corrected chi connectivity index (χ1v) is 6.96. The third-order valence-corrected chi connectivity index (χ3v) is 4.12. The van der Waals surface area contributed by atoms with E-state index in [0.29, 0.717) is 6.04 Å². The molecule has 0 atom stereocenters. The molecule has 0 aromatic carbocycles. The van der Waals surface area contributed by atoms with E-state index in [1.165, 1.54) is 30.8 Å². The zero-order chi connectivity index (χ0) is 12.1.